The molecule has 7 nitrogen and oxygen atoms in total. The van der Waals surface area contributed by atoms with Crippen molar-refractivity contribution in [3.8, 4) is 22.5 Å². The minimum absolute atomic E-state index is 0.277. The molecule has 0 aliphatic heterocycles. The van der Waals surface area contributed by atoms with Gasteiger partial charge in [0, 0.05) is 17.7 Å². The molecule has 0 unspecified atom stereocenters. The van der Waals surface area contributed by atoms with Crippen molar-refractivity contribution in [2.75, 3.05) is 0 Å². The highest BCUT2D eigenvalue weighted by molar-refractivity contribution is 5.85. The number of pyridine rings is 1. The number of nitrogens with zero attached hydrogens (tertiary/aromatic N) is 4. The van der Waals surface area contributed by atoms with Crippen LogP contribution in [0.1, 0.15) is 26.3 Å². The second kappa shape index (κ2) is 9.05. The van der Waals surface area contributed by atoms with E-state index in [1.807, 2.05) is 75.4 Å². The van der Waals surface area contributed by atoms with E-state index in [2.05, 4.69) is 15.1 Å². The van der Waals surface area contributed by atoms with E-state index in [0.29, 0.717) is 23.4 Å². The third-order valence-electron chi connectivity index (χ3n) is 4.74. The van der Waals surface area contributed by atoms with Crippen molar-refractivity contribution in [1.82, 2.24) is 20.3 Å². The van der Waals surface area contributed by atoms with Gasteiger partial charge in [-0.3, -0.25) is 0 Å². The summed E-state index contributed by atoms with van der Waals surface area (Å²) >= 11 is 0. The Balaban J connectivity index is 1.68. The maximum absolute atomic E-state index is 11.9. The summed E-state index contributed by atoms with van der Waals surface area (Å²) in [5, 5.41) is 2.76. The summed E-state index contributed by atoms with van der Waals surface area (Å²) in [7, 11) is 0. The van der Waals surface area contributed by atoms with Gasteiger partial charge < -0.3 is 14.9 Å². The third-order valence-corrected chi connectivity index (χ3v) is 4.74. The van der Waals surface area contributed by atoms with Crippen LogP contribution < -0.4 is 5.32 Å². The van der Waals surface area contributed by atoms with Crippen molar-refractivity contribution in [3.63, 3.8) is 0 Å². The first-order valence-corrected chi connectivity index (χ1v) is 10.5. The lowest BCUT2D eigenvalue weighted by Gasteiger charge is -2.19. The summed E-state index contributed by atoms with van der Waals surface area (Å²) in [6.07, 6.45) is -0.458. The van der Waals surface area contributed by atoms with Gasteiger partial charge in [0.1, 0.15) is 16.8 Å². The van der Waals surface area contributed by atoms with Gasteiger partial charge >= 0.3 is 6.09 Å². The Kier molecular flexibility index (Phi) is 6.01. The fraction of sp³-hybridized carbons (Fsp3) is 0.192. The second-order valence-corrected chi connectivity index (χ2v) is 8.46. The van der Waals surface area contributed by atoms with Crippen LogP contribution in [0.3, 0.4) is 0 Å². The maximum Gasteiger partial charge on any atom is 0.407 e. The van der Waals surface area contributed by atoms with Gasteiger partial charge in [-0.2, -0.15) is 0 Å². The van der Waals surface area contributed by atoms with Gasteiger partial charge in [-0.1, -0.05) is 66.2 Å². The van der Waals surface area contributed by atoms with Crippen LogP contribution in [0, 0.1) is 6.57 Å². The highest BCUT2D eigenvalue weighted by atomic mass is 16.6. The summed E-state index contributed by atoms with van der Waals surface area (Å²) < 4.78 is 5.28. The van der Waals surface area contributed by atoms with Gasteiger partial charge in [0.15, 0.2) is 0 Å². The number of rotatable bonds is 4. The number of benzene rings is 2. The first-order valence-electron chi connectivity index (χ1n) is 10.5. The number of hydrogen-bond donors (Lipinski definition) is 1. The number of carbonyl (C=O) groups excluding carboxylic acids is 1. The first-order chi connectivity index (χ1) is 15.8. The normalized spacial score (nSPS) is 11.1. The van der Waals surface area contributed by atoms with Crippen molar-refractivity contribution >= 4 is 23.1 Å². The van der Waals surface area contributed by atoms with E-state index >= 15 is 0 Å². The zero-order valence-corrected chi connectivity index (χ0v) is 18.7. The molecule has 0 radical (unpaired) electrons. The van der Waals surface area contributed by atoms with Crippen molar-refractivity contribution in [2.24, 2.45) is 0 Å². The summed E-state index contributed by atoms with van der Waals surface area (Å²) in [6.45, 7) is 13.1. The number of aromatic nitrogens is 3. The molecule has 0 fully saturated rings. The highest BCUT2D eigenvalue weighted by Gasteiger charge is 2.17. The predicted molar refractivity (Wildman–Crippen MR) is 128 cm³/mol. The first kappa shape index (κ1) is 21.9. The minimum atomic E-state index is -0.544. The summed E-state index contributed by atoms with van der Waals surface area (Å²) in [4.78, 5) is 29.2. The van der Waals surface area contributed by atoms with Crippen LogP contribution in [-0.2, 0) is 11.3 Å². The third kappa shape index (κ3) is 5.31. The zero-order valence-electron chi connectivity index (χ0n) is 18.7. The molecule has 7 heteroatoms. The van der Waals surface area contributed by atoms with Crippen LogP contribution in [0.25, 0.3) is 38.5 Å². The van der Waals surface area contributed by atoms with Gasteiger partial charge in [-0.05, 0) is 38.5 Å². The molecule has 1 amide bonds. The lowest BCUT2D eigenvalue weighted by Crippen LogP contribution is -2.32. The number of carbonyl (C=O) groups is 1. The van der Waals surface area contributed by atoms with Crippen molar-refractivity contribution in [1.29, 1.82) is 0 Å². The van der Waals surface area contributed by atoms with E-state index in [9.17, 15) is 4.79 Å². The molecule has 1 N–H and O–H groups in total. The van der Waals surface area contributed by atoms with Crippen LogP contribution >= 0.6 is 0 Å². The van der Waals surface area contributed by atoms with E-state index in [0.717, 1.165) is 22.4 Å². The molecule has 4 rings (SSSR count). The molecule has 164 valence electrons. The van der Waals surface area contributed by atoms with Crippen LogP contribution in [-0.4, -0.2) is 26.6 Å². The van der Waals surface area contributed by atoms with Crippen LogP contribution in [0.5, 0.6) is 0 Å². The molecule has 2 aromatic heterocycles. The number of amides is 1. The van der Waals surface area contributed by atoms with Crippen molar-refractivity contribution in [2.45, 2.75) is 32.9 Å². The largest absolute Gasteiger partial charge is 0.444 e. The molecule has 0 bridgehead atoms. The van der Waals surface area contributed by atoms with Crippen LogP contribution in [0.15, 0.2) is 66.7 Å². The Morgan fingerprint density at radius 1 is 0.909 bits per heavy atom. The fourth-order valence-electron chi connectivity index (χ4n) is 3.26. The fourth-order valence-corrected chi connectivity index (χ4v) is 3.26. The van der Waals surface area contributed by atoms with Crippen LogP contribution in [0.4, 0.5) is 10.6 Å². The molecule has 0 saturated heterocycles. The van der Waals surface area contributed by atoms with Gasteiger partial charge in [0.05, 0.1) is 5.69 Å². The Labute approximate surface area is 192 Å². The van der Waals surface area contributed by atoms with Gasteiger partial charge in [0.25, 0.3) is 11.5 Å². The molecule has 0 aliphatic carbocycles. The van der Waals surface area contributed by atoms with Crippen molar-refractivity contribution in [3.05, 3.63) is 83.7 Å². The molecule has 4 aromatic rings. The number of hydrogen-bond acceptors (Lipinski definition) is 5. The summed E-state index contributed by atoms with van der Waals surface area (Å²) in [5.41, 5.74) is 4.64. The smallest absolute Gasteiger partial charge is 0.407 e. The Morgan fingerprint density at radius 3 is 2.24 bits per heavy atom. The van der Waals surface area contributed by atoms with Gasteiger partial charge in [-0.25, -0.2) is 14.8 Å². The van der Waals surface area contributed by atoms with Crippen LogP contribution in [0.2, 0.25) is 0 Å². The molecular weight excluding hydrogens is 414 g/mol. The quantitative estimate of drug-likeness (QED) is 0.400. The average Bonchev–Trinajstić information content (AvgIpc) is 2.81. The predicted octanol–water partition coefficient (Wildman–Crippen LogP) is 5.93. The molecular formula is C26H23N5O2. The Bertz CT molecular complexity index is 1340. The minimum Gasteiger partial charge on any atom is -0.444 e. The van der Waals surface area contributed by atoms with E-state index in [4.69, 9.17) is 21.3 Å². The molecule has 2 aromatic carbocycles. The molecule has 33 heavy (non-hydrogen) atoms. The average molecular weight is 438 g/mol. The number of fused-ring (bicyclic) bond motifs is 1. The number of alkyl carbamates (subject to hydrolysis) is 1. The zero-order chi connectivity index (χ0) is 23.4. The van der Waals surface area contributed by atoms with Gasteiger partial charge in [0.2, 0.25) is 0 Å². The standard InChI is InChI=1S/C26H23N5O2/c1-26(2,3)33-25(32)28-16-17-10-12-19(13-11-17)23-22(18-8-6-5-7-9-18)29-20-14-15-21(27-4)30-24(20)31-23/h5-15H,16H2,1-3H3,(H,28,32). The highest BCUT2D eigenvalue weighted by Crippen LogP contribution is 2.31. The van der Waals surface area contributed by atoms with Crippen molar-refractivity contribution < 1.29 is 9.53 Å². The van der Waals surface area contributed by atoms with E-state index in [1.54, 1.807) is 12.1 Å². The second-order valence-electron chi connectivity index (χ2n) is 8.46. The number of ether oxygens (including phenoxy) is 1. The van der Waals surface area contributed by atoms with Gasteiger partial charge in [-0.15, -0.1) is 0 Å². The molecule has 2 heterocycles. The molecule has 0 saturated carbocycles. The van der Waals surface area contributed by atoms with E-state index < -0.39 is 11.7 Å². The molecule has 0 atom stereocenters. The summed E-state index contributed by atoms with van der Waals surface area (Å²) in [5.74, 6) is 0.277. The maximum atomic E-state index is 11.9. The lowest BCUT2D eigenvalue weighted by atomic mass is 10.0. The Hall–Kier alpha value is -4.31. The monoisotopic (exact) mass is 437 g/mol. The SMILES string of the molecule is [C-]#[N+]c1ccc2nc(-c3ccccc3)c(-c3ccc(CNC(=O)OC(C)(C)C)cc3)nc2n1. The van der Waals surface area contributed by atoms with E-state index in [1.165, 1.54) is 0 Å². The molecule has 0 spiro atoms. The summed E-state index contributed by atoms with van der Waals surface area (Å²) in [6, 6.07) is 21.0. The molecule has 0 aliphatic rings. The van der Waals surface area contributed by atoms with E-state index in [-0.39, 0.29) is 5.82 Å². The Morgan fingerprint density at radius 2 is 1.58 bits per heavy atom. The lowest BCUT2D eigenvalue weighted by molar-refractivity contribution is 0.0523. The number of nitrogens with one attached hydrogen (secondary N) is 1. The topological polar surface area (TPSA) is 81.4 Å².